The van der Waals surface area contributed by atoms with E-state index >= 15 is 0 Å². The van der Waals surface area contributed by atoms with Crippen LogP contribution >= 0.6 is 0 Å². The second-order valence-electron chi connectivity index (χ2n) is 7.95. The van der Waals surface area contributed by atoms with Crippen molar-refractivity contribution in [2.24, 2.45) is 23.7 Å². The lowest BCUT2D eigenvalue weighted by molar-refractivity contribution is -0.384. The van der Waals surface area contributed by atoms with Crippen molar-refractivity contribution in [3.05, 3.63) is 39.9 Å². The highest BCUT2D eigenvalue weighted by molar-refractivity contribution is 6.08. The van der Waals surface area contributed by atoms with E-state index in [4.69, 9.17) is 4.74 Å². The third-order valence-electron chi connectivity index (χ3n) is 6.41. The van der Waals surface area contributed by atoms with Crippen molar-refractivity contribution in [1.82, 2.24) is 4.90 Å². The highest BCUT2D eigenvalue weighted by atomic mass is 16.6. The molecule has 1 heterocycles. The molecule has 29 heavy (non-hydrogen) atoms. The molecule has 0 N–H and O–H groups in total. The van der Waals surface area contributed by atoms with Crippen molar-refractivity contribution in [2.75, 3.05) is 6.61 Å². The number of esters is 1. The van der Waals surface area contributed by atoms with Gasteiger partial charge in [0, 0.05) is 17.7 Å². The Morgan fingerprint density at radius 2 is 1.83 bits per heavy atom. The van der Waals surface area contributed by atoms with Crippen molar-refractivity contribution < 1.29 is 28.8 Å². The Morgan fingerprint density at radius 3 is 2.41 bits per heavy atom. The smallest absolute Gasteiger partial charge is 0.329 e. The summed E-state index contributed by atoms with van der Waals surface area (Å²) < 4.78 is 5.02. The molecule has 4 rings (SSSR count). The molecular weight excluding hydrogens is 380 g/mol. The van der Waals surface area contributed by atoms with Crippen LogP contribution < -0.4 is 0 Å². The van der Waals surface area contributed by atoms with Crippen molar-refractivity contribution in [2.45, 2.75) is 32.2 Å². The fourth-order valence-corrected chi connectivity index (χ4v) is 5.05. The molecule has 5 atom stereocenters. The maximum absolute atomic E-state index is 12.8. The van der Waals surface area contributed by atoms with E-state index in [-0.39, 0.29) is 46.7 Å². The van der Waals surface area contributed by atoms with Crippen molar-refractivity contribution in [3.8, 4) is 0 Å². The highest BCUT2D eigenvalue weighted by Crippen LogP contribution is 2.56. The van der Waals surface area contributed by atoms with E-state index in [1.165, 1.54) is 25.1 Å². The standard InChI is InChI=1S/C20H20N2O7/c1-10(21-18(24)16-12-5-6-13(7-12)17(16)19(21)25)20(26)29-9-15(23)11-3-2-4-14(8-11)22(27)28/h2-4,8,10,12-13,16-17H,5-7,9H2,1H3/t10-,12-,13+,16+,17+/m1/s1. The van der Waals surface area contributed by atoms with Crippen LogP contribution in [0.25, 0.3) is 0 Å². The SMILES string of the molecule is C[C@H](C(=O)OCC(=O)c1cccc([N+](=O)[O-])c1)N1C(=O)[C@H]2[C@@H]3CC[C@@H](C3)[C@@H]2C1=O. The molecule has 1 aromatic carbocycles. The molecule has 1 aromatic rings. The molecule has 3 aliphatic rings. The van der Waals surface area contributed by atoms with E-state index in [9.17, 15) is 29.3 Å². The molecule has 3 fully saturated rings. The number of carbonyl (C=O) groups is 4. The average Bonchev–Trinajstić information content (AvgIpc) is 3.39. The van der Waals surface area contributed by atoms with Gasteiger partial charge in [0.15, 0.2) is 6.61 Å². The molecule has 0 unspecified atom stereocenters. The van der Waals surface area contributed by atoms with Crippen LogP contribution in [-0.2, 0) is 19.1 Å². The number of ether oxygens (including phenoxy) is 1. The molecule has 0 aromatic heterocycles. The summed E-state index contributed by atoms with van der Waals surface area (Å²) in [6.07, 6.45) is 2.78. The number of nitro benzene ring substituents is 1. The summed E-state index contributed by atoms with van der Waals surface area (Å²) in [5.74, 6) is -2.33. The summed E-state index contributed by atoms with van der Waals surface area (Å²) in [6.45, 7) is 0.789. The molecule has 1 aliphatic heterocycles. The Kier molecular flexibility index (Phi) is 4.68. The molecule has 2 amide bonds. The molecule has 2 saturated carbocycles. The predicted octanol–water partition coefficient (Wildman–Crippen LogP) is 1.74. The quantitative estimate of drug-likeness (QED) is 0.234. The van der Waals surface area contributed by atoms with Gasteiger partial charge in [0.1, 0.15) is 6.04 Å². The van der Waals surface area contributed by atoms with Crippen molar-refractivity contribution in [3.63, 3.8) is 0 Å². The zero-order chi connectivity index (χ0) is 20.9. The van der Waals surface area contributed by atoms with Crippen molar-refractivity contribution >= 4 is 29.3 Å². The molecule has 9 heteroatoms. The van der Waals surface area contributed by atoms with Gasteiger partial charge in [0.25, 0.3) is 5.69 Å². The van der Waals surface area contributed by atoms with Gasteiger partial charge in [-0.3, -0.25) is 29.4 Å². The van der Waals surface area contributed by atoms with Crippen LogP contribution in [0.15, 0.2) is 24.3 Å². The summed E-state index contributed by atoms with van der Waals surface area (Å²) in [6, 6.07) is 3.99. The summed E-state index contributed by atoms with van der Waals surface area (Å²) in [4.78, 5) is 61.3. The molecule has 9 nitrogen and oxygen atoms in total. The second-order valence-corrected chi connectivity index (χ2v) is 7.95. The van der Waals surface area contributed by atoms with Gasteiger partial charge in [-0.15, -0.1) is 0 Å². The molecule has 2 bridgehead atoms. The number of imide groups is 1. The minimum absolute atomic E-state index is 0.0408. The maximum Gasteiger partial charge on any atom is 0.329 e. The number of fused-ring (bicyclic) bond motifs is 5. The molecule has 2 aliphatic carbocycles. The molecule has 1 saturated heterocycles. The number of Topliss-reactive ketones (excluding diaryl/α,β-unsaturated/α-hetero) is 1. The number of benzene rings is 1. The normalized spacial score (nSPS) is 28.4. The summed E-state index contributed by atoms with van der Waals surface area (Å²) in [5, 5.41) is 10.8. The number of nitrogens with zero attached hydrogens (tertiary/aromatic N) is 2. The average molecular weight is 400 g/mol. The Labute approximate surface area is 166 Å². The monoisotopic (exact) mass is 400 g/mol. The fourth-order valence-electron chi connectivity index (χ4n) is 5.05. The largest absolute Gasteiger partial charge is 0.456 e. The zero-order valence-electron chi connectivity index (χ0n) is 15.8. The summed E-state index contributed by atoms with van der Waals surface area (Å²) >= 11 is 0. The van der Waals surface area contributed by atoms with Gasteiger partial charge in [-0.2, -0.15) is 0 Å². The van der Waals surface area contributed by atoms with Gasteiger partial charge in [-0.25, -0.2) is 4.79 Å². The van der Waals surface area contributed by atoms with Crippen LogP contribution in [0.3, 0.4) is 0 Å². The Balaban J connectivity index is 1.39. The zero-order valence-corrected chi connectivity index (χ0v) is 15.8. The van der Waals surface area contributed by atoms with E-state index in [1.54, 1.807) is 0 Å². The summed E-state index contributed by atoms with van der Waals surface area (Å²) in [7, 11) is 0. The number of rotatable bonds is 6. The van der Waals surface area contributed by atoms with Crippen LogP contribution in [0.4, 0.5) is 5.69 Å². The van der Waals surface area contributed by atoms with Gasteiger partial charge in [-0.05, 0) is 38.0 Å². The van der Waals surface area contributed by atoms with Gasteiger partial charge in [-0.1, -0.05) is 12.1 Å². The van der Waals surface area contributed by atoms with Crippen LogP contribution in [0, 0.1) is 33.8 Å². The predicted molar refractivity (Wildman–Crippen MR) is 97.5 cm³/mol. The van der Waals surface area contributed by atoms with E-state index < -0.39 is 29.3 Å². The lowest BCUT2D eigenvalue weighted by Crippen LogP contribution is -2.45. The number of hydrogen-bond acceptors (Lipinski definition) is 7. The minimum atomic E-state index is -1.11. The Bertz CT molecular complexity index is 899. The number of ketones is 1. The van der Waals surface area contributed by atoms with Gasteiger partial charge >= 0.3 is 5.97 Å². The third kappa shape index (κ3) is 3.10. The van der Waals surface area contributed by atoms with Crippen LogP contribution in [0.5, 0.6) is 0 Å². The van der Waals surface area contributed by atoms with Crippen molar-refractivity contribution in [1.29, 1.82) is 0 Å². The molecule has 0 radical (unpaired) electrons. The first kappa shape index (κ1) is 19.2. The maximum atomic E-state index is 12.8. The first-order valence-electron chi connectivity index (χ1n) is 9.60. The van der Waals surface area contributed by atoms with Crippen LogP contribution in [0.1, 0.15) is 36.5 Å². The first-order chi connectivity index (χ1) is 13.8. The lowest BCUT2D eigenvalue weighted by Gasteiger charge is -2.22. The molecular formula is C20H20N2O7. The number of likely N-dealkylation sites (tertiary alicyclic amines) is 1. The Hall–Kier alpha value is -3.10. The first-order valence-corrected chi connectivity index (χ1v) is 9.60. The topological polar surface area (TPSA) is 124 Å². The number of non-ortho nitro benzene ring substituents is 1. The fraction of sp³-hybridized carbons (Fsp3) is 0.500. The summed E-state index contributed by atoms with van der Waals surface area (Å²) in [5.41, 5.74) is -0.205. The van der Waals surface area contributed by atoms with Gasteiger partial charge in [0.05, 0.1) is 16.8 Å². The number of amides is 2. The lowest BCUT2D eigenvalue weighted by atomic mass is 9.81. The highest BCUT2D eigenvalue weighted by Gasteiger charge is 2.62. The van der Waals surface area contributed by atoms with Crippen LogP contribution in [-0.4, -0.2) is 46.0 Å². The second kappa shape index (κ2) is 7.06. The van der Waals surface area contributed by atoms with E-state index in [1.807, 2.05) is 0 Å². The van der Waals surface area contributed by atoms with Gasteiger partial charge < -0.3 is 4.74 Å². The Morgan fingerprint density at radius 1 is 1.21 bits per heavy atom. The van der Waals surface area contributed by atoms with E-state index in [0.717, 1.165) is 30.2 Å². The number of nitro groups is 1. The number of hydrogen-bond donors (Lipinski definition) is 0. The van der Waals surface area contributed by atoms with E-state index in [2.05, 4.69) is 0 Å². The third-order valence-corrected chi connectivity index (χ3v) is 6.41. The van der Waals surface area contributed by atoms with E-state index in [0.29, 0.717) is 0 Å². The number of carbonyl (C=O) groups excluding carboxylic acids is 4. The van der Waals surface area contributed by atoms with Crippen LogP contribution in [0.2, 0.25) is 0 Å². The molecule has 152 valence electrons. The van der Waals surface area contributed by atoms with Gasteiger partial charge in [0.2, 0.25) is 17.6 Å². The minimum Gasteiger partial charge on any atom is -0.456 e. The molecule has 0 spiro atoms.